The molecule has 0 radical (unpaired) electrons. The van der Waals surface area contributed by atoms with Crippen molar-refractivity contribution < 1.29 is 0 Å². The Morgan fingerprint density at radius 2 is 2.44 bits per heavy atom. The Morgan fingerprint density at radius 1 is 1.56 bits per heavy atom. The molecule has 0 aromatic carbocycles. The minimum absolute atomic E-state index is 0.796. The topological polar surface area (TPSA) is 0 Å². The molecule has 1 atom stereocenters. The Morgan fingerprint density at radius 3 is 3.00 bits per heavy atom. The van der Waals surface area contributed by atoms with Gasteiger partial charge in [-0.15, -0.1) is 0 Å². The molecule has 0 N–H and O–H groups in total. The second kappa shape index (κ2) is 3.78. The van der Waals surface area contributed by atoms with Gasteiger partial charge in [0.2, 0.25) is 0 Å². The van der Waals surface area contributed by atoms with Gasteiger partial charge in [0.15, 0.2) is 0 Å². The van der Waals surface area contributed by atoms with Crippen molar-refractivity contribution in [3.05, 3.63) is 24.3 Å². The van der Waals surface area contributed by atoms with E-state index in [0.29, 0.717) is 0 Å². The van der Waals surface area contributed by atoms with Crippen molar-refractivity contribution in [2.75, 3.05) is 12.0 Å². The van der Waals surface area contributed by atoms with E-state index >= 15 is 0 Å². The van der Waals surface area contributed by atoms with Gasteiger partial charge in [-0.2, -0.15) is 11.8 Å². The summed E-state index contributed by atoms with van der Waals surface area (Å²) in [5, 5.41) is 0. The van der Waals surface area contributed by atoms with Crippen molar-refractivity contribution >= 4 is 11.8 Å². The summed E-state index contributed by atoms with van der Waals surface area (Å²) in [5.41, 5.74) is 0. The third-order valence-corrected chi connectivity index (χ3v) is 2.21. The first-order valence-electron chi connectivity index (χ1n) is 3.26. The third kappa shape index (κ3) is 2.27. The molecule has 1 rings (SSSR count). The van der Waals surface area contributed by atoms with Gasteiger partial charge in [-0.25, -0.2) is 0 Å². The van der Waals surface area contributed by atoms with E-state index in [1.165, 1.54) is 12.2 Å². The predicted molar refractivity (Wildman–Crippen MR) is 44.8 cm³/mol. The van der Waals surface area contributed by atoms with Crippen LogP contribution in [0.5, 0.6) is 0 Å². The van der Waals surface area contributed by atoms with Crippen LogP contribution in [0.25, 0.3) is 0 Å². The fraction of sp³-hybridized carbons (Fsp3) is 0.500. The Balaban J connectivity index is 2.28. The van der Waals surface area contributed by atoms with Crippen LogP contribution in [0, 0.1) is 5.92 Å². The van der Waals surface area contributed by atoms with E-state index in [-0.39, 0.29) is 0 Å². The largest absolute Gasteiger partial charge is 0.165 e. The van der Waals surface area contributed by atoms with Crippen molar-refractivity contribution in [1.82, 2.24) is 0 Å². The second-order valence-electron chi connectivity index (χ2n) is 2.26. The standard InChI is InChI=1S/C8H12S/c1-9-7-8-5-3-2-4-6-8/h2-5,8H,6-7H2,1H3. The van der Waals surface area contributed by atoms with Gasteiger partial charge in [0.05, 0.1) is 0 Å². The number of hydrogen-bond acceptors (Lipinski definition) is 1. The Hall–Kier alpha value is -0.170. The zero-order valence-corrected chi connectivity index (χ0v) is 6.53. The van der Waals surface area contributed by atoms with Gasteiger partial charge in [0.25, 0.3) is 0 Å². The van der Waals surface area contributed by atoms with Gasteiger partial charge in [0.1, 0.15) is 0 Å². The van der Waals surface area contributed by atoms with E-state index < -0.39 is 0 Å². The van der Waals surface area contributed by atoms with Crippen LogP contribution in [-0.4, -0.2) is 12.0 Å². The molecule has 0 spiro atoms. The van der Waals surface area contributed by atoms with Crippen molar-refractivity contribution in [3.8, 4) is 0 Å². The van der Waals surface area contributed by atoms with Crippen molar-refractivity contribution in [2.24, 2.45) is 5.92 Å². The maximum absolute atomic E-state index is 2.29. The van der Waals surface area contributed by atoms with Crippen LogP contribution >= 0.6 is 11.8 Å². The summed E-state index contributed by atoms with van der Waals surface area (Å²) in [7, 11) is 0. The Kier molecular flexibility index (Phi) is 2.92. The van der Waals surface area contributed by atoms with Gasteiger partial charge >= 0.3 is 0 Å². The maximum atomic E-state index is 2.29. The molecule has 9 heavy (non-hydrogen) atoms. The Bertz CT molecular complexity index is 125. The maximum Gasteiger partial charge on any atom is -0.000415 e. The summed E-state index contributed by atoms with van der Waals surface area (Å²) in [5.74, 6) is 2.06. The van der Waals surface area contributed by atoms with E-state index in [9.17, 15) is 0 Å². The highest BCUT2D eigenvalue weighted by Gasteiger charge is 2.01. The smallest absolute Gasteiger partial charge is 0.000415 e. The van der Waals surface area contributed by atoms with E-state index in [1.54, 1.807) is 0 Å². The van der Waals surface area contributed by atoms with Crippen molar-refractivity contribution in [2.45, 2.75) is 6.42 Å². The van der Waals surface area contributed by atoms with Crippen molar-refractivity contribution in [1.29, 1.82) is 0 Å². The summed E-state index contributed by atoms with van der Waals surface area (Å²) in [6.07, 6.45) is 12.2. The molecule has 0 saturated carbocycles. The van der Waals surface area contributed by atoms with Crippen LogP contribution in [0.1, 0.15) is 6.42 Å². The Labute approximate surface area is 61.0 Å². The van der Waals surface area contributed by atoms with Crippen LogP contribution in [0.3, 0.4) is 0 Å². The van der Waals surface area contributed by atoms with Gasteiger partial charge < -0.3 is 0 Å². The van der Waals surface area contributed by atoms with Gasteiger partial charge in [0, 0.05) is 0 Å². The SMILES string of the molecule is CSCC1C=CC=CC1. The molecule has 0 nitrogen and oxygen atoms in total. The molecule has 1 aliphatic carbocycles. The highest BCUT2D eigenvalue weighted by molar-refractivity contribution is 7.98. The normalized spacial score (nSPS) is 24.8. The molecule has 0 heterocycles. The minimum atomic E-state index is 0.796. The molecule has 50 valence electrons. The summed E-state index contributed by atoms with van der Waals surface area (Å²) in [6, 6.07) is 0. The molecule has 0 saturated heterocycles. The molecule has 1 aliphatic rings. The first kappa shape index (κ1) is 6.94. The lowest BCUT2D eigenvalue weighted by atomic mass is 10.0. The van der Waals surface area contributed by atoms with Crippen LogP contribution in [-0.2, 0) is 0 Å². The van der Waals surface area contributed by atoms with Gasteiger partial charge in [-0.3, -0.25) is 0 Å². The van der Waals surface area contributed by atoms with Gasteiger partial charge in [-0.1, -0.05) is 24.3 Å². The fourth-order valence-electron chi connectivity index (χ4n) is 0.969. The highest BCUT2D eigenvalue weighted by atomic mass is 32.2. The molecule has 1 unspecified atom stereocenters. The van der Waals surface area contributed by atoms with Crippen LogP contribution in [0.2, 0.25) is 0 Å². The molecule has 0 aliphatic heterocycles. The molecule has 0 aromatic rings. The quantitative estimate of drug-likeness (QED) is 0.568. The minimum Gasteiger partial charge on any atom is -0.165 e. The summed E-state index contributed by atoms with van der Waals surface area (Å²) in [4.78, 5) is 0. The van der Waals surface area contributed by atoms with E-state index in [4.69, 9.17) is 0 Å². The zero-order valence-electron chi connectivity index (χ0n) is 5.71. The molecular formula is C8H12S. The van der Waals surface area contributed by atoms with Crippen LogP contribution < -0.4 is 0 Å². The van der Waals surface area contributed by atoms with E-state index in [2.05, 4.69) is 30.6 Å². The summed E-state index contributed by atoms with van der Waals surface area (Å²) < 4.78 is 0. The zero-order chi connectivity index (χ0) is 6.53. The lowest BCUT2D eigenvalue weighted by Crippen LogP contribution is -1.99. The first-order chi connectivity index (χ1) is 4.43. The average Bonchev–Trinajstić information content (AvgIpc) is 1.91. The molecular weight excluding hydrogens is 128 g/mol. The second-order valence-corrected chi connectivity index (χ2v) is 3.17. The molecule has 0 bridgehead atoms. The van der Waals surface area contributed by atoms with Gasteiger partial charge in [-0.05, 0) is 24.3 Å². The van der Waals surface area contributed by atoms with E-state index in [0.717, 1.165) is 5.92 Å². The predicted octanol–water partition coefficient (Wildman–Crippen LogP) is 2.48. The average molecular weight is 140 g/mol. The first-order valence-corrected chi connectivity index (χ1v) is 4.65. The summed E-state index contributed by atoms with van der Waals surface area (Å²) in [6.45, 7) is 0. The van der Waals surface area contributed by atoms with E-state index in [1.807, 2.05) is 11.8 Å². The van der Waals surface area contributed by atoms with Crippen LogP contribution in [0.15, 0.2) is 24.3 Å². The number of rotatable bonds is 2. The molecule has 1 heteroatoms. The lowest BCUT2D eigenvalue weighted by molar-refractivity contribution is 0.750. The third-order valence-electron chi connectivity index (χ3n) is 1.45. The number of hydrogen-bond donors (Lipinski definition) is 0. The highest BCUT2D eigenvalue weighted by Crippen LogP contribution is 2.15. The number of thioether (sulfide) groups is 1. The van der Waals surface area contributed by atoms with Crippen molar-refractivity contribution in [3.63, 3.8) is 0 Å². The molecule has 0 amide bonds. The molecule has 0 aromatic heterocycles. The van der Waals surface area contributed by atoms with Crippen LogP contribution in [0.4, 0.5) is 0 Å². The monoisotopic (exact) mass is 140 g/mol. The molecule has 0 fully saturated rings. The lowest BCUT2D eigenvalue weighted by Gasteiger charge is -2.09. The fourth-order valence-corrected chi connectivity index (χ4v) is 1.64. The number of allylic oxidation sites excluding steroid dienone is 4. The summed E-state index contributed by atoms with van der Waals surface area (Å²) >= 11 is 1.92.